The molecule has 1 aliphatic heterocycles. The first-order valence-electron chi connectivity index (χ1n) is 5.80. The molecule has 0 amide bonds. The lowest BCUT2D eigenvalue weighted by molar-refractivity contribution is 0.201. The van der Waals surface area contributed by atoms with Crippen molar-refractivity contribution in [3.63, 3.8) is 0 Å². The van der Waals surface area contributed by atoms with Gasteiger partial charge in [0.1, 0.15) is 18.2 Å². The summed E-state index contributed by atoms with van der Waals surface area (Å²) < 4.78 is 19.0. The first kappa shape index (κ1) is 12.1. The van der Waals surface area contributed by atoms with Gasteiger partial charge in [-0.3, -0.25) is 0 Å². The van der Waals surface area contributed by atoms with Crippen LogP contribution < -0.4 is 15.0 Å². The van der Waals surface area contributed by atoms with Crippen molar-refractivity contribution in [3.8, 4) is 5.75 Å². The van der Waals surface area contributed by atoms with Gasteiger partial charge in [0.25, 0.3) is 0 Å². The summed E-state index contributed by atoms with van der Waals surface area (Å²) in [7, 11) is 0. The van der Waals surface area contributed by atoms with Gasteiger partial charge in [-0.2, -0.15) is 0 Å². The Hall–Kier alpha value is -1.33. The van der Waals surface area contributed by atoms with E-state index in [2.05, 4.69) is 5.32 Å². The lowest BCUT2D eigenvalue weighted by Gasteiger charge is -2.29. The topological polar surface area (TPSA) is 44.7 Å². The summed E-state index contributed by atoms with van der Waals surface area (Å²) in [5.74, 6) is 0.178. The number of piperazine rings is 1. The molecule has 17 heavy (non-hydrogen) atoms. The van der Waals surface area contributed by atoms with E-state index in [0.29, 0.717) is 11.4 Å². The highest BCUT2D eigenvalue weighted by molar-refractivity contribution is 5.51. The molecule has 1 heterocycles. The van der Waals surface area contributed by atoms with Crippen molar-refractivity contribution in [1.29, 1.82) is 0 Å². The molecule has 94 valence electrons. The number of nitrogens with one attached hydrogen (secondary N) is 1. The minimum atomic E-state index is -0.276. The van der Waals surface area contributed by atoms with Gasteiger partial charge in [-0.05, 0) is 12.1 Å². The number of hydrogen-bond donors (Lipinski definition) is 2. The van der Waals surface area contributed by atoms with E-state index in [1.165, 1.54) is 6.07 Å². The summed E-state index contributed by atoms with van der Waals surface area (Å²) >= 11 is 0. The number of aliphatic hydroxyl groups is 1. The second-order valence-electron chi connectivity index (χ2n) is 3.92. The highest BCUT2D eigenvalue weighted by Crippen LogP contribution is 2.24. The summed E-state index contributed by atoms with van der Waals surface area (Å²) in [6.07, 6.45) is 0. The molecule has 2 N–H and O–H groups in total. The zero-order chi connectivity index (χ0) is 12.1. The monoisotopic (exact) mass is 240 g/mol. The highest BCUT2D eigenvalue weighted by atomic mass is 19.1. The quantitative estimate of drug-likeness (QED) is 0.809. The Kier molecular flexibility index (Phi) is 4.17. The van der Waals surface area contributed by atoms with Crippen LogP contribution in [0.4, 0.5) is 10.1 Å². The molecule has 1 fully saturated rings. The molecule has 0 saturated carbocycles. The van der Waals surface area contributed by atoms with Crippen LogP contribution >= 0.6 is 0 Å². The van der Waals surface area contributed by atoms with Gasteiger partial charge < -0.3 is 20.1 Å². The molecule has 1 aliphatic rings. The molecule has 0 atom stereocenters. The first-order valence-corrected chi connectivity index (χ1v) is 5.80. The fourth-order valence-corrected chi connectivity index (χ4v) is 1.90. The van der Waals surface area contributed by atoms with Crippen molar-refractivity contribution in [2.75, 3.05) is 44.3 Å². The van der Waals surface area contributed by atoms with Crippen molar-refractivity contribution < 1.29 is 14.2 Å². The predicted octanol–water partition coefficient (Wildman–Crippen LogP) is 0.606. The maximum absolute atomic E-state index is 13.9. The van der Waals surface area contributed by atoms with E-state index < -0.39 is 0 Å². The maximum Gasteiger partial charge on any atom is 0.150 e. The van der Waals surface area contributed by atoms with Crippen LogP contribution in [0.15, 0.2) is 18.2 Å². The summed E-state index contributed by atoms with van der Waals surface area (Å²) in [5, 5.41) is 11.8. The summed E-state index contributed by atoms with van der Waals surface area (Å²) in [5.41, 5.74) is 0.614. The summed E-state index contributed by atoms with van der Waals surface area (Å²) in [6, 6.07) is 4.83. The zero-order valence-corrected chi connectivity index (χ0v) is 9.66. The number of anilines is 1. The van der Waals surface area contributed by atoms with Crippen LogP contribution in [-0.4, -0.2) is 44.5 Å². The summed E-state index contributed by atoms with van der Waals surface area (Å²) in [6.45, 7) is 3.50. The van der Waals surface area contributed by atoms with Crippen LogP contribution in [0.2, 0.25) is 0 Å². The van der Waals surface area contributed by atoms with Crippen molar-refractivity contribution in [2.24, 2.45) is 0 Å². The maximum atomic E-state index is 13.9. The van der Waals surface area contributed by atoms with Gasteiger partial charge in [0.2, 0.25) is 0 Å². The first-order chi connectivity index (χ1) is 8.31. The molecule has 2 rings (SSSR count). The van der Waals surface area contributed by atoms with Crippen molar-refractivity contribution in [2.45, 2.75) is 0 Å². The number of benzene rings is 1. The van der Waals surface area contributed by atoms with Gasteiger partial charge >= 0.3 is 0 Å². The Morgan fingerprint density at radius 1 is 1.35 bits per heavy atom. The molecule has 0 spiro atoms. The second kappa shape index (κ2) is 5.84. The Labute approximate surface area is 100.0 Å². The van der Waals surface area contributed by atoms with Gasteiger partial charge in [0.05, 0.1) is 12.3 Å². The molecular formula is C12H17FN2O2. The average Bonchev–Trinajstić information content (AvgIpc) is 2.37. The number of ether oxygens (including phenoxy) is 1. The Bertz CT molecular complexity index is 368. The van der Waals surface area contributed by atoms with E-state index in [-0.39, 0.29) is 19.0 Å². The van der Waals surface area contributed by atoms with Gasteiger partial charge in [-0.1, -0.05) is 0 Å². The molecule has 0 aliphatic carbocycles. The van der Waals surface area contributed by atoms with Crippen molar-refractivity contribution in [1.82, 2.24) is 5.32 Å². The minimum Gasteiger partial charge on any atom is -0.491 e. The standard InChI is InChI=1S/C12H17FN2O2/c13-11-9-10(17-8-7-16)1-2-12(11)15-5-3-14-4-6-15/h1-2,9,14,16H,3-8H2. The second-order valence-corrected chi connectivity index (χ2v) is 3.92. The molecule has 0 unspecified atom stereocenters. The lowest BCUT2D eigenvalue weighted by atomic mass is 10.2. The number of rotatable bonds is 4. The van der Waals surface area contributed by atoms with Gasteiger partial charge in [-0.25, -0.2) is 4.39 Å². The fourth-order valence-electron chi connectivity index (χ4n) is 1.90. The van der Waals surface area contributed by atoms with Crippen molar-refractivity contribution in [3.05, 3.63) is 24.0 Å². The van der Waals surface area contributed by atoms with Crippen LogP contribution in [0, 0.1) is 5.82 Å². The third-order valence-corrected chi connectivity index (χ3v) is 2.74. The van der Waals surface area contributed by atoms with Crippen LogP contribution in [0.3, 0.4) is 0 Å². The molecule has 1 aromatic rings. The average molecular weight is 240 g/mol. The SMILES string of the molecule is OCCOc1ccc(N2CCNCC2)c(F)c1. The van der Waals surface area contributed by atoms with E-state index >= 15 is 0 Å². The highest BCUT2D eigenvalue weighted by Gasteiger charge is 2.14. The summed E-state index contributed by atoms with van der Waals surface area (Å²) in [4.78, 5) is 2.02. The molecule has 0 aromatic heterocycles. The smallest absolute Gasteiger partial charge is 0.150 e. The fraction of sp³-hybridized carbons (Fsp3) is 0.500. The van der Waals surface area contributed by atoms with E-state index in [1.54, 1.807) is 12.1 Å². The van der Waals surface area contributed by atoms with Crippen molar-refractivity contribution >= 4 is 5.69 Å². The van der Waals surface area contributed by atoms with Gasteiger partial charge in [0, 0.05) is 32.2 Å². The van der Waals surface area contributed by atoms with E-state index in [1.807, 2.05) is 4.90 Å². The Morgan fingerprint density at radius 2 is 2.12 bits per heavy atom. The molecule has 4 nitrogen and oxygen atoms in total. The van der Waals surface area contributed by atoms with Gasteiger partial charge in [-0.15, -0.1) is 0 Å². The largest absolute Gasteiger partial charge is 0.491 e. The number of nitrogens with zero attached hydrogens (tertiary/aromatic N) is 1. The molecule has 0 bridgehead atoms. The third-order valence-electron chi connectivity index (χ3n) is 2.74. The van der Waals surface area contributed by atoms with Crippen LogP contribution in [0.25, 0.3) is 0 Å². The third kappa shape index (κ3) is 3.08. The van der Waals surface area contributed by atoms with E-state index in [9.17, 15) is 4.39 Å². The zero-order valence-electron chi connectivity index (χ0n) is 9.66. The predicted molar refractivity (Wildman–Crippen MR) is 64.1 cm³/mol. The minimum absolute atomic E-state index is 0.0683. The lowest BCUT2D eigenvalue weighted by Crippen LogP contribution is -2.43. The number of halogens is 1. The van der Waals surface area contributed by atoms with E-state index in [0.717, 1.165) is 26.2 Å². The number of hydrogen-bond acceptors (Lipinski definition) is 4. The molecule has 1 aromatic carbocycles. The Morgan fingerprint density at radius 3 is 2.76 bits per heavy atom. The van der Waals surface area contributed by atoms with E-state index in [4.69, 9.17) is 9.84 Å². The molecule has 5 heteroatoms. The van der Waals surface area contributed by atoms with Gasteiger partial charge in [0.15, 0.2) is 0 Å². The Balaban J connectivity index is 2.07. The normalized spacial score (nSPS) is 16.0. The number of aliphatic hydroxyl groups excluding tert-OH is 1. The van der Waals surface area contributed by atoms with Crippen LogP contribution in [-0.2, 0) is 0 Å². The van der Waals surface area contributed by atoms with Crippen LogP contribution in [0.1, 0.15) is 0 Å². The molecular weight excluding hydrogens is 223 g/mol. The molecule has 1 saturated heterocycles. The molecule has 0 radical (unpaired) electrons. The van der Waals surface area contributed by atoms with Crippen LogP contribution in [0.5, 0.6) is 5.75 Å².